The van der Waals surface area contributed by atoms with Crippen LogP contribution in [-0.2, 0) is 0 Å². The van der Waals surface area contributed by atoms with Crippen molar-refractivity contribution in [1.82, 2.24) is 0 Å². The molecule has 0 saturated heterocycles. The van der Waals surface area contributed by atoms with Crippen LogP contribution >= 0.6 is 23.5 Å². The Kier molecular flexibility index (Phi) is 6.58. The van der Waals surface area contributed by atoms with Crippen LogP contribution in [-0.4, -0.2) is 34.2 Å². The number of aliphatic hydroxyl groups is 1. The van der Waals surface area contributed by atoms with Gasteiger partial charge in [0.2, 0.25) is 0 Å². The van der Waals surface area contributed by atoms with Crippen molar-refractivity contribution in [3.8, 4) is 0 Å². The molecule has 0 bridgehead atoms. The van der Waals surface area contributed by atoms with E-state index in [-0.39, 0.29) is 6.10 Å². The van der Waals surface area contributed by atoms with Crippen LogP contribution in [0, 0.1) is 0 Å². The second-order valence-electron chi connectivity index (χ2n) is 2.61. The average molecular weight is 194 g/mol. The van der Waals surface area contributed by atoms with Crippen LogP contribution in [0.3, 0.4) is 0 Å². The molecule has 0 spiro atoms. The van der Waals surface area contributed by atoms with Crippen LogP contribution in [0.25, 0.3) is 0 Å². The molecule has 0 amide bonds. The van der Waals surface area contributed by atoms with E-state index in [2.05, 4.69) is 20.1 Å². The summed E-state index contributed by atoms with van der Waals surface area (Å²) < 4.78 is 0. The van der Waals surface area contributed by atoms with Crippen molar-refractivity contribution < 1.29 is 5.11 Å². The van der Waals surface area contributed by atoms with E-state index < -0.39 is 0 Å². The second kappa shape index (κ2) is 6.21. The minimum Gasteiger partial charge on any atom is -0.391 e. The Morgan fingerprint density at radius 1 is 1.27 bits per heavy atom. The Morgan fingerprint density at radius 3 is 2.09 bits per heavy atom. The van der Waals surface area contributed by atoms with Gasteiger partial charge in [-0.25, -0.2) is 0 Å². The molecule has 0 aromatic heterocycles. The molecule has 1 N–H and O–H groups in total. The zero-order chi connectivity index (χ0) is 8.85. The number of hydrogen-bond donors (Lipinski definition) is 1. The number of thioether (sulfide) groups is 2. The molecule has 0 radical (unpaired) electrons. The van der Waals surface area contributed by atoms with Crippen molar-refractivity contribution in [1.29, 1.82) is 0 Å². The summed E-state index contributed by atoms with van der Waals surface area (Å²) in [6.07, 6.45) is 4.99. The average Bonchev–Trinajstić information content (AvgIpc) is 2.05. The monoisotopic (exact) mass is 194 g/mol. The SMILES string of the molecule is CCC(SC)C(O)C(C)SC. The topological polar surface area (TPSA) is 20.2 Å². The molecule has 0 aliphatic heterocycles. The van der Waals surface area contributed by atoms with Crippen molar-refractivity contribution in [3.63, 3.8) is 0 Å². The maximum atomic E-state index is 9.74. The van der Waals surface area contributed by atoms with Gasteiger partial charge in [-0.05, 0) is 18.9 Å². The van der Waals surface area contributed by atoms with Crippen LogP contribution in [0.5, 0.6) is 0 Å². The molecular weight excluding hydrogens is 176 g/mol. The van der Waals surface area contributed by atoms with Crippen LogP contribution in [0.1, 0.15) is 20.3 Å². The van der Waals surface area contributed by atoms with Crippen LogP contribution in [0.2, 0.25) is 0 Å². The summed E-state index contributed by atoms with van der Waals surface area (Å²) >= 11 is 3.49. The van der Waals surface area contributed by atoms with Gasteiger partial charge in [0.05, 0.1) is 6.10 Å². The van der Waals surface area contributed by atoms with Crippen molar-refractivity contribution in [2.24, 2.45) is 0 Å². The first-order valence-corrected chi connectivity index (χ1v) is 6.48. The summed E-state index contributed by atoms with van der Waals surface area (Å²) in [4.78, 5) is 0. The zero-order valence-electron chi connectivity index (χ0n) is 7.70. The lowest BCUT2D eigenvalue weighted by Crippen LogP contribution is -2.30. The highest BCUT2D eigenvalue weighted by molar-refractivity contribution is 8.00. The summed E-state index contributed by atoms with van der Waals surface area (Å²) in [5.74, 6) is 0. The molecule has 0 aromatic carbocycles. The molecule has 0 rings (SSSR count). The molecule has 11 heavy (non-hydrogen) atoms. The van der Waals surface area contributed by atoms with Crippen LogP contribution in [0.15, 0.2) is 0 Å². The third-order valence-corrected chi connectivity index (χ3v) is 4.18. The molecule has 0 saturated carbocycles. The Bertz CT molecular complexity index is 94.1. The van der Waals surface area contributed by atoms with Gasteiger partial charge in [-0.1, -0.05) is 13.8 Å². The van der Waals surface area contributed by atoms with Crippen molar-refractivity contribution in [2.45, 2.75) is 36.9 Å². The summed E-state index contributed by atoms with van der Waals surface area (Å²) in [6, 6.07) is 0. The van der Waals surface area contributed by atoms with E-state index >= 15 is 0 Å². The van der Waals surface area contributed by atoms with Crippen LogP contribution < -0.4 is 0 Å². The van der Waals surface area contributed by atoms with Gasteiger partial charge in [-0.15, -0.1) is 0 Å². The lowest BCUT2D eigenvalue weighted by molar-refractivity contribution is 0.171. The van der Waals surface area contributed by atoms with Gasteiger partial charge in [0.1, 0.15) is 0 Å². The Labute approximate surface area is 78.3 Å². The highest BCUT2D eigenvalue weighted by atomic mass is 32.2. The van der Waals surface area contributed by atoms with Gasteiger partial charge in [0.25, 0.3) is 0 Å². The zero-order valence-corrected chi connectivity index (χ0v) is 9.34. The van der Waals surface area contributed by atoms with Gasteiger partial charge < -0.3 is 5.11 Å². The van der Waals surface area contributed by atoms with E-state index in [1.165, 1.54) is 0 Å². The Hall–Kier alpha value is 0.660. The third-order valence-electron chi connectivity index (χ3n) is 1.94. The largest absolute Gasteiger partial charge is 0.391 e. The van der Waals surface area contributed by atoms with Gasteiger partial charge >= 0.3 is 0 Å². The second-order valence-corrected chi connectivity index (χ2v) is 4.91. The molecular formula is C8H18OS2. The van der Waals surface area contributed by atoms with E-state index in [1.54, 1.807) is 23.5 Å². The summed E-state index contributed by atoms with van der Waals surface area (Å²) in [5, 5.41) is 10.5. The molecule has 3 unspecified atom stereocenters. The molecule has 1 nitrogen and oxygen atoms in total. The van der Waals surface area contributed by atoms with Gasteiger partial charge in [-0.3, -0.25) is 0 Å². The van der Waals surface area contributed by atoms with E-state index in [4.69, 9.17) is 0 Å². The Balaban J connectivity index is 3.86. The van der Waals surface area contributed by atoms with E-state index in [0.717, 1.165) is 6.42 Å². The number of aliphatic hydroxyl groups excluding tert-OH is 1. The molecule has 0 heterocycles. The quantitative estimate of drug-likeness (QED) is 0.725. The molecule has 0 fully saturated rings. The predicted molar refractivity (Wildman–Crippen MR) is 56.6 cm³/mol. The summed E-state index contributed by atoms with van der Waals surface area (Å²) in [6.45, 7) is 4.20. The standard InChI is InChI=1S/C8H18OS2/c1-5-7(11-4)8(9)6(2)10-3/h6-9H,5H2,1-4H3. The first-order valence-electron chi connectivity index (χ1n) is 3.91. The molecule has 0 aromatic rings. The van der Waals surface area contributed by atoms with Crippen molar-refractivity contribution in [3.05, 3.63) is 0 Å². The maximum absolute atomic E-state index is 9.74. The smallest absolute Gasteiger partial charge is 0.0774 e. The Morgan fingerprint density at radius 2 is 1.82 bits per heavy atom. The first kappa shape index (κ1) is 11.7. The summed E-state index contributed by atoms with van der Waals surface area (Å²) in [7, 11) is 0. The van der Waals surface area contributed by atoms with E-state index in [1.807, 2.05) is 6.26 Å². The molecule has 3 atom stereocenters. The minimum absolute atomic E-state index is 0.162. The van der Waals surface area contributed by atoms with Crippen molar-refractivity contribution >= 4 is 23.5 Å². The maximum Gasteiger partial charge on any atom is 0.0774 e. The highest BCUT2D eigenvalue weighted by Gasteiger charge is 2.21. The first-order chi connectivity index (χ1) is 5.17. The normalized spacial score (nSPS) is 19.4. The summed E-state index contributed by atoms with van der Waals surface area (Å²) in [5.41, 5.74) is 0. The molecule has 68 valence electrons. The number of hydrogen-bond acceptors (Lipinski definition) is 3. The predicted octanol–water partition coefficient (Wildman–Crippen LogP) is 2.24. The van der Waals surface area contributed by atoms with Gasteiger partial charge in [0.15, 0.2) is 0 Å². The fourth-order valence-corrected chi connectivity index (χ4v) is 2.41. The fourth-order valence-electron chi connectivity index (χ4n) is 0.989. The third kappa shape index (κ3) is 3.72. The molecule has 3 heteroatoms. The van der Waals surface area contributed by atoms with E-state index in [9.17, 15) is 5.11 Å². The highest BCUT2D eigenvalue weighted by Crippen LogP contribution is 2.22. The van der Waals surface area contributed by atoms with Crippen molar-refractivity contribution in [2.75, 3.05) is 12.5 Å². The lowest BCUT2D eigenvalue weighted by atomic mass is 10.1. The molecule has 0 aliphatic rings. The van der Waals surface area contributed by atoms with Gasteiger partial charge in [0, 0.05) is 10.5 Å². The van der Waals surface area contributed by atoms with Crippen LogP contribution in [0.4, 0.5) is 0 Å². The number of rotatable bonds is 5. The molecule has 0 aliphatic carbocycles. The minimum atomic E-state index is -0.162. The van der Waals surface area contributed by atoms with Gasteiger partial charge in [-0.2, -0.15) is 23.5 Å². The fraction of sp³-hybridized carbons (Fsp3) is 1.00. The lowest BCUT2D eigenvalue weighted by Gasteiger charge is -2.23. The van der Waals surface area contributed by atoms with E-state index in [0.29, 0.717) is 10.5 Å².